The highest BCUT2D eigenvalue weighted by Crippen LogP contribution is 2.09. The zero-order chi connectivity index (χ0) is 12.4. The van der Waals surface area contributed by atoms with Gasteiger partial charge in [-0.25, -0.2) is 0 Å². The molecule has 2 heterocycles. The first kappa shape index (κ1) is 11.9. The van der Waals surface area contributed by atoms with E-state index in [4.69, 9.17) is 5.73 Å². The molecule has 6 heteroatoms. The molecule has 0 aliphatic rings. The number of rotatable bonds is 3. The maximum Gasteiger partial charge on any atom is 0.265 e. The second kappa shape index (κ2) is 4.75. The van der Waals surface area contributed by atoms with Crippen molar-refractivity contribution in [2.24, 2.45) is 0 Å². The summed E-state index contributed by atoms with van der Waals surface area (Å²) in [7, 11) is 0. The number of aromatic nitrogens is 3. The predicted octanol–water partition coefficient (Wildman–Crippen LogP) is 1.46. The van der Waals surface area contributed by atoms with Crippen LogP contribution < -0.4 is 11.3 Å². The van der Waals surface area contributed by atoms with Gasteiger partial charge in [-0.2, -0.15) is 5.10 Å². The molecule has 0 aliphatic heterocycles. The summed E-state index contributed by atoms with van der Waals surface area (Å²) in [6, 6.07) is 1.61. The van der Waals surface area contributed by atoms with Crippen molar-refractivity contribution in [2.75, 3.05) is 5.73 Å². The Balaban J connectivity index is 2.32. The van der Waals surface area contributed by atoms with E-state index in [-0.39, 0.29) is 5.56 Å². The molecule has 2 aromatic heterocycles. The standard InChI is InChI=1S/C11H13BrN4O/c1-2-16-6-8(4-14-16)5-15-7-9(13)3-10(12)11(15)17/h3-4,6-7H,2,5,13H2,1H3. The van der Waals surface area contributed by atoms with E-state index >= 15 is 0 Å². The van der Waals surface area contributed by atoms with E-state index in [0.717, 1.165) is 12.1 Å². The molecule has 2 aromatic rings. The fourth-order valence-corrected chi connectivity index (χ4v) is 2.09. The Morgan fingerprint density at radius 3 is 2.88 bits per heavy atom. The van der Waals surface area contributed by atoms with Crippen LogP contribution in [-0.2, 0) is 13.1 Å². The van der Waals surface area contributed by atoms with Crippen molar-refractivity contribution >= 4 is 21.6 Å². The van der Waals surface area contributed by atoms with Gasteiger partial charge in [0.1, 0.15) is 0 Å². The van der Waals surface area contributed by atoms with Crippen LogP contribution in [0.3, 0.4) is 0 Å². The van der Waals surface area contributed by atoms with Crippen LogP contribution in [0.5, 0.6) is 0 Å². The lowest BCUT2D eigenvalue weighted by atomic mass is 10.3. The summed E-state index contributed by atoms with van der Waals surface area (Å²) in [5.74, 6) is 0. The minimum atomic E-state index is -0.0940. The Kier molecular flexibility index (Phi) is 3.33. The molecule has 0 saturated carbocycles. The van der Waals surface area contributed by atoms with Crippen LogP contribution in [0.25, 0.3) is 0 Å². The summed E-state index contributed by atoms with van der Waals surface area (Å²) in [5.41, 5.74) is 7.14. The van der Waals surface area contributed by atoms with Gasteiger partial charge in [0.15, 0.2) is 0 Å². The molecule has 0 unspecified atom stereocenters. The number of halogens is 1. The van der Waals surface area contributed by atoms with E-state index in [0.29, 0.717) is 16.7 Å². The Bertz CT molecular complexity index is 587. The number of nitrogens with zero attached hydrogens (tertiary/aromatic N) is 3. The van der Waals surface area contributed by atoms with Crippen LogP contribution in [0.4, 0.5) is 5.69 Å². The van der Waals surface area contributed by atoms with Crippen molar-refractivity contribution in [3.63, 3.8) is 0 Å². The summed E-state index contributed by atoms with van der Waals surface area (Å²) >= 11 is 3.19. The molecule has 0 aromatic carbocycles. The highest BCUT2D eigenvalue weighted by atomic mass is 79.9. The molecule has 5 nitrogen and oxygen atoms in total. The monoisotopic (exact) mass is 296 g/mol. The average Bonchev–Trinajstić information content (AvgIpc) is 2.73. The number of hydrogen-bond acceptors (Lipinski definition) is 3. The van der Waals surface area contributed by atoms with Gasteiger partial charge in [-0.3, -0.25) is 9.48 Å². The highest BCUT2D eigenvalue weighted by molar-refractivity contribution is 9.10. The van der Waals surface area contributed by atoms with Gasteiger partial charge in [-0.15, -0.1) is 0 Å². The zero-order valence-electron chi connectivity index (χ0n) is 9.43. The van der Waals surface area contributed by atoms with Crippen molar-refractivity contribution in [1.82, 2.24) is 14.3 Å². The van der Waals surface area contributed by atoms with E-state index in [9.17, 15) is 4.79 Å². The lowest BCUT2D eigenvalue weighted by Gasteiger charge is -2.05. The van der Waals surface area contributed by atoms with Gasteiger partial charge in [0.05, 0.1) is 17.2 Å². The fraction of sp³-hybridized carbons (Fsp3) is 0.273. The van der Waals surface area contributed by atoms with E-state index in [2.05, 4.69) is 21.0 Å². The minimum Gasteiger partial charge on any atom is -0.398 e. The first-order valence-corrected chi connectivity index (χ1v) is 6.06. The van der Waals surface area contributed by atoms with Crippen LogP contribution >= 0.6 is 15.9 Å². The van der Waals surface area contributed by atoms with Crippen LogP contribution in [0, 0.1) is 0 Å². The number of nitrogens with two attached hydrogens (primary N) is 1. The third-order valence-electron chi connectivity index (χ3n) is 2.43. The number of anilines is 1. The van der Waals surface area contributed by atoms with Crippen LogP contribution in [0.1, 0.15) is 12.5 Å². The Labute approximate surface area is 107 Å². The molecule has 17 heavy (non-hydrogen) atoms. The van der Waals surface area contributed by atoms with Crippen molar-refractivity contribution in [1.29, 1.82) is 0 Å². The molecule has 0 saturated heterocycles. The van der Waals surface area contributed by atoms with E-state index < -0.39 is 0 Å². The van der Waals surface area contributed by atoms with Crippen molar-refractivity contribution in [2.45, 2.75) is 20.0 Å². The van der Waals surface area contributed by atoms with E-state index in [1.165, 1.54) is 0 Å². The van der Waals surface area contributed by atoms with Gasteiger partial charge >= 0.3 is 0 Å². The molecule has 90 valence electrons. The quantitative estimate of drug-likeness (QED) is 0.932. The van der Waals surface area contributed by atoms with Crippen LogP contribution in [0.15, 0.2) is 33.9 Å². The normalized spacial score (nSPS) is 10.7. The largest absolute Gasteiger partial charge is 0.398 e. The SMILES string of the molecule is CCn1cc(Cn2cc(N)cc(Br)c2=O)cn1. The summed E-state index contributed by atoms with van der Waals surface area (Å²) in [6.45, 7) is 3.30. The summed E-state index contributed by atoms with van der Waals surface area (Å²) in [5, 5.41) is 4.16. The first-order valence-electron chi connectivity index (χ1n) is 5.27. The third kappa shape index (κ3) is 2.58. The molecule has 2 rings (SSSR count). The second-order valence-corrected chi connectivity index (χ2v) is 4.61. The van der Waals surface area contributed by atoms with E-state index in [1.54, 1.807) is 23.0 Å². The van der Waals surface area contributed by atoms with Crippen molar-refractivity contribution in [3.8, 4) is 0 Å². The lowest BCUT2D eigenvalue weighted by molar-refractivity contribution is 0.658. The smallest absolute Gasteiger partial charge is 0.265 e. The highest BCUT2D eigenvalue weighted by Gasteiger charge is 2.05. The first-order chi connectivity index (χ1) is 8.10. The molecule has 2 N–H and O–H groups in total. The van der Waals surface area contributed by atoms with Gasteiger partial charge in [0.2, 0.25) is 0 Å². The van der Waals surface area contributed by atoms with Gasteiger partial charge < -0.3 is 10.3 Å². The average molecular weight is 297 g/mol. The molecule has 0 radical (unpaired) electrons. The van der Waals surface area contributed by atoms with Gasteiger partial charge in [-0.05, 0) is 28.9 Å². The molecule has 0 atom stereocenters. The second-order valence-electron chi connectivity index (χ2n) is 3.76. The van der Waals surface area contributed by atoms with Gasteiger partial charge in [-0.1, -0.05) is 0 Å². The lowest BCUT2D eigenvalue weighted by Crippen LogP contribution is -2.21. The maximum absolute atomic E-state index is 11.8. The molecule has 0 spiro atoms. The Morgan fingerprint density at radius 1 is 1.47 bits per heavy atom. The molecule has 0 bridgehead atoms. The van der Waals surface area contributed by atoms with Crippen LogP contribution in [0.2, 0.25) is 0 Å². The van der Waals surface area contributed by atoms with Crippen LogP contribution in [-0.4, -0.2) is 14.3 Å². The molecule has 0 fully saturated rings. The Morgan fingerprint density at radius 2 is 2.24 bits per heavy atom. The topological polar surface area (TPSA) is 65.8 Å². The zero-order valence-corrected chi connectivity index (χ0v) is 11.0. The minimum absolute atomic E-state index is 0.0940. The number of hydrogen-bond donors (Lipinski definition) is 1. The summed E-state index contributed by atoms with van der Waals surface area (Å²) in [4.78, 5) is 11.8. The number of nitrogen functional groups attached to an aromatic ring is 1. The predicted molar refractivity (Wildman–Crippen MR) is 69.8 cm³/mol. The number of aryl methyl sites for hydroxylation is 1. The molecule has 0 aliphatic carbocycles. The van der Waals surface area contributed by atoms with Gasteiger partial charge in [0.25, 0.3) is 5.56 Å². The van der Waals surface area contributed by atoms with Gasteiger partial charge in [0, 0.05) is 30.2 Å². The number of pyridine rings is 1. The molecule has 0 amide bonds. The summed E-state index contributed by atoms with van der Waals surface area (Å²) in [6.07, 6.45) is 5.31. The van der Waals surface area contributed by atoms with Crippen molar-refractivity contribution < 1.29 is 0 Å². The Hall–Kier alpha value is -1.56. The third-order valence-corrected chi connectivity index (χ3v) is 3.00. The molecular weight excluding hydrogens is 284 g/mol. The maximum atomic E-state index is 11.8. The van der Waals surface area contributed by atoms with E-state index in [1.807, 2.05) is 17.8 Å². The van der Waals surface area contributed by atoms with Crippen molar-refractivity contribution in [3.05, 3.63) is 45.0 Å². The molecular formula is C11H13BrN4O. The fourth-order valence-electron chi connectivity index (χ4n) is 1.60. The summed E-state index contributed by atoms with van der Waals surface area (Å²) < 4.78 is 3.86.